The molecule has 0 saturated carbocycles. The second-order valence-electron chi connectivity index (χ2n) is 4.65. The number of ether oxygens (including phenoxy) is 1. The van der Waals surface area contributed by atoms with Crippen LogP contribution in [0.4, 0.5) is 0 Å². The summed E-state index contributed by atoms with van der Waals surface area (Å²) in [5.74, 6) is 1.78. The highest BCUT2D eigenvalue weighted by Crippen LogP contribution is 2.25. The summed E-state index contributed by atoms with van der Waals surface area (Å²) in [4.78, 5) is 4.10. The minimum Gasteiger partial charge on any atom is -0.483 e. The Balaban J connectivity index is 2.09. The fraction of sp³-hybridized carbons (Fsp3) is 0.429. The van der Waals surface area contributed by atoms with E-state index < -0.39 is 0 Å². The molecular formula is C14H18ClN3O2. The van der Waals surface area contributed by atoms with Gasteiger partial charge in [0.1, 0.15) is 5.75 Å². The zero-order chi connectivity index (χ0) is 14.5. The highest BCUT2D eigenvalue weighted by atomic mass is 35.5. The van der Waals surface area contributed by atoms with E-state index in [-0.39, 0.29) is 12.6 Å². The molecule has 1 atom stereocenters. The molecule has 2 N–H and O–H groups in total. The molecule has 1 heterocycles. The fourth-order valence-electron chi connectivity index (χ4n) is 1.81. The van der Waals surface area contributed by atoms with Crippen molar-refractivity contribution in [3.05, 3.63) is 40.5 Å². The number of aromatic nitrogens is 2. The molecule has 2 rings (SSSR count). The highest BCUT2D eigenvalue weighted by molar-refractivity contribution is 6.30. The molecule has 20 heavy (non-hydrogen) atoms. The molecule has 108 valence electrons. The van der Waals surface area contributed by atoms with E-state index in [9.17, 15) is 0 Å². The zero-order valence-corrected chi connectivity index (χ0v) is 12.4. The Bertz CT molecular complexity index is 571. The lowest BCUT2D eigenvalue weighted by Crippen LogP contribution is -2.21. The van der Waals surface area contributed by atoms with E-state index in [1.807, 2.05) is 12.1 Å². The molecule has 0 aliphatic carbocycles. The quantitative estimate of drug-likeness (QED) is 0.887. The molecule has 1 unspecified atom stereocenters. The topological polar surface area (TPSA) is 74.2 Å². The van der Waals surface area contributed by atoms with Crippen molar-refractivity contribution in [3.8, 4) is 5.75 Å². The number of nitrogens with two attached hydrogens (primary N) is 1. The van der Waals surface area contributed by atoms with Gasteiger partial charge < -0.3 is 15.0 Å². The number of benzene rings is 1. The van der Waals surface area contributed by atoms with Gasteiger partial charge in [0, 0.05) is 11.1 Å². The third-order valence-electron chi connectivity index (χ3n) is 2.95. The van der Waals surface area contributed by atoms with Gasteiger partial charge in [-0.2, -0.15) is 4.98 Å². The first kappa shape index (κ1) is 14.8. The lowest BCUT2D eigenvalue weighted by Gasteiger charge is -2.14. The molecule has 5 nitrogen and oxygen atoms in total. The Labute approximate surface area is 123 Å². The van der Waals surface area contributed by atoms with Gasteiger partial charge in [-0.05, 0) is 43.5 Å². The predicted octanol–water partition coefficient (Wildman–Crippen LogP) is 2.89. The molecule has 2 aromatic rings. The molecule has 0 bridgehead atoms. The molecular weight excluding hydrogens is 278 g/mol. The second kappa shape index (κ2) is 6.72. The van der Waals surface area contributed by atoms with Gasteiger partial charge in [-0.15, -0.1) is 0 Å². The van der Waals surface area contributed by atoms with Crippen molar-refractivity contribution in [2.45, 2.75) is 39.3 Å². The molecule has 0 fully saturated rings. The van der Waals surface area contributed by atoms with Crippen LogP contribution in [0.2, 0.25) is 5.02 Å². The van der Waals surface area contributed by atoms with Gasteiger partial charge in [-0.3, -0.25) is 0 Å². The minimum absolute atomic E-state index is 0.0847. The summed E-state index contributed by atoms with van der Waals surface area (Å²) in [5.41, 5.74) is 6.98. The van der Waals surface area contributed by atoms with Crippen molar-refractivity contribution >= 4 is 11.6 Å². The van der Waals surface area contributed by atoms with E-state index in [0.29, 0.717) is 16.7 Å². The SMILES string of the molecule is CCC(N)Cc1cc(Cl)ccc1OCc1nc(C)no1. The molecule has 0 spiro atoms. The Morgan fingerprint density at radius 3 is 2.90 bits per heavy atom. The summed E-state index contributed by atoms with van der Waals surface area (Å²) in [5, 5.41) is 4.39. The monoisotopic (exact) mass is 295 g/mol. The first-order chi connectivity index (χ1) is 9.58. The molecule has 0 aliphatic heterocycles. The van der Waals surface area contributed by atoms with Crippen molar-refractivity contribution in [3.63, 3.8) is 0 Å². The number of rotatable bonds is 6. The van der Waals surface area contributed by atoms with Crippen molar-refractivity contribution in [1.29, 1.82) is 0 Å². The van der Waals surface area contributed by atoms with Gasteiger partial charge in [0.25, 0.3) is 5.89 Å². The van der Waals surface area contributed by atoms with Gasteiger partial charge >= 0.3 is 0 Å². The number of aryl methyl sites for hydroxylation is 1. The molecule has 1 aromatic carbocycles. The van der Waals surface area contributed by atoms with Crippen LogP contribution < -0.4 is 10.5 Å². The fourth-order valence-corrected chi connectivity index (χ4v) is 2.01. The van der Waals surface area contributed by atoms with Crippen LogP contribution in [-0.4, -0.2) is 16.2 Å². The molecule has 6 heteroatoms. The maximum absolute atomic E-state index is 6.03. The van der Waals surface area contributed by atoms with Crippen molar-refractivity contribution in [1.82, 2.24) is 10.1 Å². The second-order valence-corrected chi connectivity index (χ2v) is 5.08. The number of hydrogen-bond donors (Lipinski definition) is 1. The van der Waals surface area contributed by atoms with E-state index >= 15 is 0 Å². The van der Waals surface area contributed by atoms with E-state index in [1.54, 1.807) is 13.0 Å². The van der Waals surface area contributed by atoms with Crippen LogP contribution in [0.15, 0.2) is 22.7 Å². The van der Waals surface area contributed by atoms with E-state index in [1.165, 1.54) is 0 Å². The summed E-state index contributed by atoms with van der Waals surface area (Å²) in [6.45, 7) is 4.05. The summed E-state index contributed by atoms with van der Waals surface area (Å²) in [6.07, 6.45) is 1.62. The van der Waals surface area contributed by atoms with E-state index in [2.05, 4.69) is 17.1 Å². The molecule has 0 saturated heterocycles. The minimum atomic E-state index is 0.0847. The standard InChI is InChI=1S/C14H18ClN3O2/c1-3-12(16)7-10-6-11(15)4-5-13(10)19-8-14-17-9(2)18-20-14/h4-6,12H,3,7-8,16H2,1-2H3. The van der Waals surface area contributed by atoms with Crippen LogP contribution in [0, 0.1) is 6.92 Å². The van der Waals surface area contributed by atoms with Crippen molar-refractivity contribution in [2.24, 2.45) is 5.73 Å². The first-order valence-electron chi connectivity index (χ1n) is 6.54. The zero-order valence-electron chi connectivity index (χ0n) is 11.6. The third kappa shape index (κ3) is 3.95. The van der Waals surface area contributed by atoms with E-state index in [0.717, 1.165) is 24.2 Å². The van der Waals surface area contributed by atoms with Crippen molar-refractivity contribution < 1.29 is 9.26 Å². The average Bonchev–Trinajstić information content (AvgIpc) is 2.83. The maximum atomic E-state index is 6.03. The lowest BCUT2D eigenvalue weighted by molar-refractivity contribution is 0.240. The van der Waals surface area contributed by atoms with Crippen LogP contribution in [0.5, 0.6) is 5.75 Å². The Morgan fingerprint density at radius 1 is 1.45 bits per heavy atom. The van der Waals surface area contributed by atoms with E-state index in [4.69, 9.17) is 26.6 Å². The number of hydrogen-bond acceptors (Lipinski definition) is 5. The van der Waals surface area contributed by atoms with Crippen LogP contribution in [0.3, 0.4) is 0 Å². The Kier molecular flexibility index (Phi) is 4.98. The Morgan fingerprint density at radius 2 is 2.25 bits per heavy atom. The Hall–Kier alpha value is -1.59. The summed E-state index contributed by atoms with van der Waals surface area (Å²) in [6, 6.07) is 5.59. The summed E-state index contributed by atoms with van der Waals surface area (Å²) < 4.78 is 10.7. The molecule has 0 radical (unpaired) electrons. The van der Waals surface area contributed by atoms with Gasteiger partial charge in [0.2, 0.25) is 0 Å². The molecule has 1 aromatic heterocycles. The highest BCUT2D eigenvalue weighted by Gasteiger charge is 2.11. The summed E-state index contributed by atoms with van der Waals surface area (Å²) >= 11 is 6.03. The van der Waals surface area contributed by atoms with Gasteiger partial charge in [-0.1, -0.05) is 23.7 Å². The van der Waals surface area contributed by atoms with Crippen LogP contribution in [0.1, 0.15) is 30.6 Å². The van der Waals surface area contributed by atoms with Crippen LogP contribution in [0.25, 0.3) is 0 Å². The predicted molar refractivity (Wildman–Crippen MR) is 76.8 cm³/mol. The smallest absolute Gasteiger partial charge is 0.264 e. The van der Waals surface area contributed by atoms with Crippen LogP contribution >= 0.6 is 11.6 Å². The lowest BCUT2D eigenvalue weighted by atomic mass is 10.0. The normalized spacial score (nSPS) is 12.4. The first-order valence-corrected chi connectivity index (χ1v) is 6.92. The summed E-state index contributed by atoms with van der Waals surface area (Å²) in [7, 11) is 0. The molecule has 0 aliphatic rings. The van der Waals surface area contributed by atoms with Gasteiger partial charge in [0.05, 0.1) is 0 Å². The number of nitrogens with zero attached hydrogens (tertiary/aromatic N) is 2. The number of halogens is 1. The van der Waals surface area contributed by atoms with Crippen LogP contribution in [-0.2, 0) is 13.0 Å². The third-order valence-corrected chi connectivity index (χ3v) is 3.18. The molecule has 0 amide bonds. The van der Waals surface area contributed by atoms with Crippen molar-refractivity contribution in [2.75, 3.05) is 0 Å². The van der Waals surface area contributed by atoms with Gasteiger partial charge in [0.15, 0.2) is 12.4 Å². The van der Waals surface area contributed by atoms with Gasteiger partial charge in [-0.25, -0.2) is 0 Å². The average molecular weight is 296 g/mol. The maximum Gasteiger partial charge on any atom is 0.264 e. The largest absolute Gasteiger partial charge is 0.483 e.